The van der Waals surface area contributed by atoms with E-state index in [2.05, 4.69) is 66.6 Å². The highest BCUT2D eigenvalue weighted by Crippen LogP contribution is 2.39. The van der Waals surface area contributed by atoms with Crippen LogP contribution in [-0.4, -0.2) is 37.6 Å². The zero-order chi connectivity index (χ0) is 19.1. The molecule has 5 heteroatoms. The molecular weight excluding hydrogens is 390 g/mol. The summed E-state index contributed by atoms with van der Waals surface area (Å²) >= 11 is 1.92. The van der Waals surface area contributed by atoms with Gasteiger partial charge >= 0.3 is 5.97 Å². The van der Waals surface area contributed by atoms with Gasteiger partial charge < -0.3 is 22.0 Å². The molecule has 0 radical (unpaired) electrons. The van der Waals surface area contributed by atoms with Crippen LogP contribution < -0.4 is 12.4 Å². The molecule has 2 aromatic rings. The Morgan fingerprint density at radius 3 is 2.61 bits per heavy atom. The minimum Gasteiger partial charge on any atom is -1.00 e. The highest BCUT2D eigenvalue weighted by atomic mass is 35.5. The van der Waals surface area contributed by atoms with E-state index in [-0.39, 0.29) is 18.4 Å². The molecule has 0 aromatic heterocycles. The van der Waals surface area contributed by atoms with Crippen molar-refractivity contribution in [1.29, 1.82) is 0 Å². The minimum absolute atomic E-state index is 0. The van der Waals surface area contributed by atoms with E-state index in [1.54, 1.807) is 0 Å². The van der Waals surface area contributed by atoms with Gasteiger partial charge in [-0.2, -0.15) is 0 Å². The van der Waals surface area contributed by atoms with Crippen LogP contribution in [0.2, 0.25) is 0 Å². The predicted octanol–water partition coefficient (Wildman–Crippen LogP) is 2.00. The van der Waals surface area contributed by atoms with Gasteiger partial charge in [0.25, 0.3) is 0 Å². The maximum Gasteiger partial charge on any atom is 0.302 e. The first-order chi connectivity index (χ1) is 13.1. The number of benzene rings is 2. The van der Waals surface area contributed by atoms with E-state index < -0.39 is 0 Å². The second-order valence-corrected chi connectivity index (χ2v) is 7.86. The fourth-order valence-corrected chi connectivity index (χ4v) is 4.41. The van der Waals surface area contributed by atoms with Crippen LogP contribution in [0.15, 0.2) is 59.5 Å². The standard InChI is InChI=1S/C23H27NO2S.ClH/c1-18(25)26-16-8-15-24(2)14-7-12-21-20-10-4-3-9-19(20)17-27-23-13-6-5-11-22(21)23;/h3-6,9-13H,7-8,14-17H2,1-2H3;1H/p-1/b21-12-;. The number of ether oxygens (including phenoxy) is 1. The van der Waals surface area contributed by atoms with Crippen LogP contribution >= 0.6 is 11.8 Å². The maximum atomic E-state index is 10.8. The van der Waals surface area contributed by atoms with Crippen LogP contribution in [0, 0.1) is 0 Å². The molecular formula is C23H27ClNO2S-. The zero-order valence-corrected chi connectivity index (χ0v) is 18.1. The van der Waals surface area contributed by atoms with Gasteiger partial charge in [-0.1, -0.05) is 48.5 Å². The van der Waals surface area contributed by atoms with E-state index in [0.29, 0.717) is 6.61 Å². The van der Waals surface area contributed by atoms with E-state index in [0.717, 1.165) is 31.7 Å². The molecule has 0 saturated carbocycles. The summed E-state index contributed by atoms with van der Waals surface area (Å²) in [5, 5.41) is 0. The van der Waals surface area contributed by atoms with Crippen LogP contribution in [-0.2, 0) is 15.3 Å². The van der Waals surface area contributed by atoms with Gasteiger partial charge in [-0.3, -0.25) is 4.79 Å². The Morgan fingerprint density at radius 2 is 1.82 bits per heavy atom. The van der Waals surface area contributed by atoms with Crippen LogP contribution in [0.4, 0.5) is 0 Å². The topological polar surface area (TPSA) is 29.5 Å². The van der Waals surface area contributed by atoms with Crippen LogP contribution in [0.25, 0.3) is 5.57 Å². The Labute approximate surface area is 178 Å². The van der Waals surface area contributed by atoms with Gasteiger partial charge in [0.05, 0.1) is 6.61 Å². The van der Waals surface area contributed by atoms with Crippen molar-refractivity contribution in [3.05, 3.63) is 71.3 Å². The molecule has 3 nitrogen and oxygen atoms in total. The first-order valence-electron chi connectivity index (χ1n) is 9.47. The molecule has 2 aromatic carbocycles. The number of fused-ring (bicyclic) bond motifs is 2. The molecule has 1 heterocycles. The number of carbonyl (C=O) groups is 1. The number of rotatable bonds is 7. The third-order valence-corrected chi connectivity index (χ3v) is 5.84. The van der Waals surface area contributed by atoms with Gasteiger partial charge in [-0.05, 0) is 48.2 Å². The fraction of sp³-hybridized carbons (Fsp3) is 0.348. The van der Waals surface area contributed by atoms with Crippen LogP contribution in [0.3, 0.4) is 0 Å². The monoisotopic (exact) mass is 416 g/mol. The van der Waals surface area contributed by atoms with Gasteiger partial charge in [0, 0.05) is 30.7 Å². The summed E-state index contributed by atoms with van der Waals surface area (Å²) in [6.07, 6.45) is 4.24. The van der Waals surface area contributed by atoms with Gasteiger partial charge in [0.15, 0.2) is 0 Å². The number of nitrogens with zero attached hydrogens (tertiary/aromatic N) is 1. The van der Waals surface area contributed by atoms with E-state index in [1.165, 1.54) is 34.1 Å². The van der Waals surface area contributed by atoms with Gasteiger partial charge in [0.2, 0.25) is 0 Å². The number of thioether (sulfide) groups is 1. The SMILES string of the molecule is CC(=O)OCCCN(C)CC/C=C1/c2ccccc2CSc2ccccc21.[Cl-]. The van der Waals surface area contributed by atoms with Crippen molar-refractivity contribution >= 4 is 23.3 Å². The zero-order valence-electron chi connectivity index (χ0n) is 16.5. The normalized spacial score (nSPS) is 14.0. The Balaban J connectivity index is 0.00000280. The second-order valence-electron chi connectivity index (χ2n) is 6.85. The van der Waals surface area contributed by atoms with Crippen molar-refractivity contribution < 1.29 is 21.9 Å². The maximum absolute atomic E-state index is 10.8. The number of halogens is 1. The lowest BCUT2D eigenvalue weighted by Gasteiger charge is -2.16. The molecule has 28 heavy (non-hydrogen) atoms. The van der Waals surface area contributed by atoms with Crippen molar-refractivity contribution in [2.75, 3.05) is 26.7 Å². The summed E-state index contributed by atoms with van der Waals surface area (Å²) in [7, 11) is 2.12. The van der Waals surface area contributed by atoms with E-state index in [4.69, 9.17) is 4.74 Å². The fourth-order valence-electron chi connectivity index (χ4n) is 3.34. The van der Waals surface area contributed by atoms with Crippen molar-refractivity contribution in [2.45, 2.75) is 30.4 Å². The first kappa shape index (κ1) is 22.5. The molecule has 3 rings (SSSR count). The van der Waals surface area contributed by atoms with Gasteiger partial charge in [0.1, 0.15) is 0 Å². The first-order valence-corrected chi connectivity index (χ1v) is 10.5. The summed E-state index contributed by atoms with van der Waals surface area (Å²) in [5.41, 5.74) is 5.44. The largest absolute Gasteiger partial charge is 1.00 e. The smallest absolute Gasteiger partial charge is 0.302 e. The summed E-state index contributed by atoms with van der Waals surface area (Å²) in [6, 6.07) is 17.4. The number of esters is 1. The minimum atomic E-state index is -0.203. The molecule has 0 unspecified atom stereocenters. The molecule has 1 aliphatic rings. The van der Waals surface area contributed by atoms with Gasteiger partial charge in [-0.15, -0.1) is 11.8 Å². The molecule has 1 aliphatic heterocycles. The van der Waals surface area contributed by atoms with E-state index in [9.17, 15) is 4.79 Å². The lowest BCUT2D eigenvalue weighted by Crippen LogP contribution is -3.00. The predicted molar refractivity (Wildman–Crippen MR) is 113 cm³/mol. The van der Waals surface area contributed by atoms with E-state index in [1.807, 2.05) is 11.8 Å². The molecule has 0 aliphatic carbocycles. The Bertz CT molecular complexity index is 772. The quantitative estimate of drug-likeness (QED) is 0.510. The average molecular weight is 417 g/mol. The number of hydrogen-bond acceptors (Lipinski definition) is 4. The number of carbonyl (C=O) groups excluding carboxylic acids is 1. The molecule has 0 saturated heterocycles. The Hall–Kier alpha value is -1.75. The van der Waals surface area contributed by atoms with Crippen molar-refractivity contribution in [3.63, 3.8) is 0 Å². The van der Waals surface area contributed by atoms with Crippen LogP contribution in [0.5, 0.6) is 0 Å². The lowest BCUT2D eigenvalue weighted by molar-refractivity contribution is -0.141. The summed E-state index contributed by atoms with van der Waals surface area (Å²) in [5.74, 6) is 0.812. The molecule has 0 fully saturated rings. The highest BCUT2D eigenvalue weighted by Gasteiger charge is 2.17. The van der Waals surface area contributed by atoms with Crippen LogP contribution in [0.1, 0.15) is 36.5 Å². The van der Waals surface area contributed by atoms with Crippen molar-refractivity contribution in [3.8, 4) is 0 Å². The average Bonchev–Trinajstić information content (AvgIpc) is 2.83. The lowest BCUT2D eigenvalue weighted by atomic mass is 9.93. The third kappa shape index (κ3) is 6.13. The third-order valence-electron chi connectivity index (χ3n) is 4.72. The van der Waals surface area contributed by atoms with Gasteiger partial charge in [-0.25, -0.2) is 0 Å². The molecule has 0 atom stereocenters. The summed E-state index contributed by atoms with van der Waals surface area (Å²) in [4.78, 5) is 14.5. The molecule has 0 N–H and O–H groups in total. The molecule has 0 amide bonds. The second kappa shape index (κ2) is 11.3. The highest BCUT2D eigenvalue weighted by molar-refractivity contribution is 7.98. The number of hydrogen-bond donors (Lipinski definition) is 0. The van der Waals surface area contributed by atoms with E-state index >= 15 is 0 Å². The van der Waals surface area contributed by atoms with Crippen molar-refractivity contribution in [2.24, 2.45) is 0 Å². The van der Waals surface area contributed by atoms with Crippen molar-refractivity contribution in [1.82, 2.24) is 4.90 Å². The molecule has 150 valence electrons. The molecule has 0 spiro atoms. The molecule has 0 bridgehead atoms. The summed E-state index contributed by atoms with van der Waals surface area (Å²) in [6.45, 7) is 3.87. The Kier molecular flexibility index (Phi) is 9.10. The summed E-state index contributed by atoms with van der Waals surface area (Å²) < 4.78 is 5.00. The Morgan fingerprint density at radius 1 is 1.11 bits per heavy atom.